The van der Waals surface area contributed by atoms with Gasteiger partial charge < -0.3 is 15.1 Å². The number of hydrogen-bond acceptors (Lipinski definition) is 4. The van der Waals surface area contributed by atoms with Crippen molar-refractivity contribution in [1.29, 1.82) is 0 Å². The van der Waals surface area contributed by atoms with Crippen LogP contribution < -0.4 is 5.32 Å². The van der Waals surface area contributed by atoms with E-state index in [1.807, 2.05) is 0 Å². The molecule has 1 aliphatic carbocycles. The zero-order valence-electron chi connectivity index (χ0n) is 14.1. The van der Waals surface area contributed by atoms with Crippen LogP contribution in [0.25, 0.3) is 0 Å². The van der Waals surface area contributed by atoms with Crippen LogP contribution in [0.3, 0.4) is 0 Å². The number of nitrogens with one attached hydrogen (secondary N) is 1. The third-order valence-corrected chi connectivity index (χ3v) is 4.78. The number of ketones is 1. The molecular formula is C18H21N3O4. The molecule has 2 fully saturated rings. The molecule has 7 heteroatoms. The van der Waals surface area contributed by atoms with Gasteiger partial charge in [0, 0.05) is 37.4 Å². The van der Waals surface area contributed by atoms with Crippen molar-refractivity contribution in [2.75, 3.05) is 31.5 Å². The van der Waals surface area contributed by atoms with Gasteiger partial charge in [0.15, 0.2) is 5.78 Å². The molecule has 0 spiro atoms. The lowest BCUT2D eigenvalue weighted by Crippen LogP contribution is -2.48. The van der Waals surface area contributed by atoms with Crippen LogP contribution in [0, 0.1) is 11.8 Å². The predicted molar refractivity (Wildman–Crippen MR) is 90.9 cm³/mol. The SMILES string of the molecule is CC(=O)c1ccc(NC(=O)C2CC2C(=O)N2CCN(C=O)CC2)cc1. The Bertz CT molecular complexity index is 693. The maximum absolute atomic E-state index is 12.4. The first-order valence-corrected chi connectivity index (χ1v) is 8.39. The highest BCUT2D eigenvalue weighted by Crippen LogP contribution is 2.41. The van der Waals surface area contributed by atoms with Gasteiger partial charge in [-0.2, -0.15) is 0 Å². The summed E-state index contributed by atoms with van der Waals surface area (Å²) in [7, 11) is 0. The molecule has 1 aromatic rings. The fourth-order valence-corrected chi connectivity index (χ4v) is 3.06. The number of nitrogens with zero attached hydrogens (tertiary/aromatic N) is 2. The Labute approximate surface area is 146 Å². The van der Waals surface area contributed by atoms with Crippen LogP contribution in [0.2, 0.25) is 0 Å². The molecule has 1 N–H and O–H groups in total. The van der Waals surface area contributed by atoms with Crippen molar-refractivity contribution in [3.63, 3.8) is 0 Å². The minimum Gasteiger partial charge on any atom is -0.342 e. The molecule has 3 amide bonds. The molecule has 0 radical (unpaired) electrons. The normalized spacial score (nSPS) is 22.3. The van der Waals surface area contributed by atoms with Gasteiger partial charge in [0.05, 0.1) is 11.8 Å². The van der Waals surface area contributed by atoms with E-state index in [1.54, 1.807) is 34.1 Å². The van der Waals surface area contributed by atoms with E-state index in [9.17, 15) is 19.2 Å². The largest absolute Gasteiger partial charge is 0.342 e. The van der Waals surface area contributed by atoms with Crippen molar-refractivity contribution < 1.29 is 19.2 Å². The van der Waals surface area contributed by atoms with Gasteiger partial charge in [-0.3, -0.25) is 19.2 Å². The fourth-order valence-electron chi connectivity index (χ4n) is 3.06. The van der Waals surface area contributed by atoms with Gasteiger partial charge in [0.2, 0.25) is 18.2 Å². The lowest BCUT2D eigenvalue weighted by atomic mass is 10.1. The monoisotopic (exact) mass is 343 g/mol. The first kappa shape index (κ1) is 17.1. The van der Waals surface area contributed by atoms with E-state index >= 15 is 0 Å². The highest BCUT2D eigenvalue weighted by Gasteiger charge is 2.49. The van der Waals surface area contributed by atoms with E-state index in [0.717, 1.165) is 6.41 Å². The summed E-state index contributed by atoms with van der Waals surface area (Å²) in [6, 6.07) is 6.71. The zero-order valence-corrected chi connectivity index (χ0v) is 14.1. The number of rotatable bonds is 5. The summed E-state index contributed by atoms with van der Waals surface area (Å²) in [5.41, 5.74) is 1.21. The number of piperazine rings is 1. The average Bonchev–Trinajstić information content (AvgIpc) is 3.42. The van der Waals surface area contributed by atoms with Crippen molar-refractivity contribution in [3.8, 4) is 0 Å². The molecule has 1 aromatic carbocycles. The van der Waals surface area contributed by atoms with Gasteiger partial charge in [0.1, 0.15) is 0 Å². The van der Waals surface area contributed by atoms with E-state index in [4.69, 9.17) is 0 Å². The lowest BCUT2D eigenvalue weighted by Gasteiger charge is -2.32. The summed E-state index contributed by atoms with van der Waals surface area (Å²) in [6.45, 7) is 3.62. The van der Waals surface area contributed by atoms with Crippen molar-refractivity contribution in [2.45, 2.75) is 13.3 Å². The number of carbonyl (C=O) groups excluding carboxylic acids is 4. The molecule has 132 valence electrons. The van der Waals surface area contributed by atoms with Gasteiger partial charge in [0.25, 0.3) is 0 Å². The van der Waals surface area contributed by atoms with Crippen molar-refractivity contribution in [1.82, 2.24) is 9.80 Å². The molecule has 2 aliphatic rings. The summed E-state index contributed by atoms with van der Waals surface area (Å²) < 4.78 is 0. The molecule has 1 aliphatic heterocycles. The van der Waals surface area contributed by atoms with Gasteiger partial charge in [-0.05, 0) is 37.6 Å². The molecule has 3 rings (SSSR count). The lowest BCUT2D eigenvalue weighted by molar-refractivity contribution is -0.137. The highest BCUT2D eigenvalue weighted by atomic mass is 16.2. The quantitative estimate of drug-likeness (QED) is 0.632. The summed E-state index contributed by atoms with van der Waals surface area (Å²) in [5, 5.41) is 2.80. The van der Waals surface area contributed by atoms with E-state index in [2.05, 4.69) is 5.32 Å². The number of hydrogen-bond donors (Lipinski definition) is 1. The third kappa shape index (κ3) is 3.87. The Morgan fingerprint density at radius 1 is 1.04 bits per heavy atom. The maximum atomic E-state index is 12.4. The highest BCUT2D eigenvalue weighted by molar-refractivity contribution is 6.00. The molecular weight excluding hydrogens is 322 g/mol. The first-order valence-electron chi connectivity index (χ1n) is 8.39. The predicted octanol–water partition coefficient (Wildman–Crippen LogP) is 0.764. The Kier molecular flexibility index (Phi) is 4.83. The standard InChI is InChI=1S/C18H21N3O4/c1-12(23)13-2-4-14(5-3-13)19-17(24)15-10-16(15)18(25)21-8-6-20(11-22)7-9-21/h2-5,11,15-16H,6-10H2,1H3,(H,19,24). The van der Waals surface area contributed by atoms with Crippen molar-refractivity contribution in [2.24, 2.45) is 11.8 Å². The van der Waals surface area contributed by atoms with Crippen molar-refractivity contribution >= 4 is 29.7 Å². The number of anilines is 1. The van der Waals surface area contributed by atoms with Crippen LogP contribution in [0.1, 0.15) is 23.7 Å². The van der Waals surface area contributed by atoms with Crippen LogP contribution in [0.15, 0.2) is 24.3 Å². The Morgan fingerprint density at radius 3 is 2.24 bits per heavy atom. The molecule has 1 saturated carbocycles. The van der Waals surface area contributed by atoms with Crippen LogP contribution in [0.5, 0.6) is 0 Å². The Morgan fingerprint density at radius 2 is 1.68 bits per heavy atom. The Balaban J connectivity index is 1.51. The summed E-state index contributed by atoms with van der Waals surface area (Å²) in [4.78, 5) is 50.1. The molecule has 1 heterocycles. The summed E-state index contributed by atoms with van der Waals surface area (Å²) in [5.74, 6) is -0.762. The number of Topliss-reactive ketones (excluding diaryl/α,β-unsaturated/α-hetero) is 1. The second-order valence-corrected chi connectivity index (χ2v) is 6.54. The fraction of sp³-hybridized carbons (Fsp3) is 0.444. The maximum Gasteiger partial charge on any atom is 0.228 e. The number of benzene rings is 1. The average molecular weight is 343 g/mol. The van der Waals surface area contributed by atoms with Crippen LogP contribution in [-0.4, -0.2) is 60.0 Å². The van der Waals surface area contributed by atoms with E-state index < -0.39 is 0 Å². The minimum absolute atomic E-state index is 0.00220. The van der Waals surface area contributed by atoms with Gasteiger partial charge >= 0.3 is 0 Å². The number of amides is 3. The molecule has 1 saturated heterocycles. The smallest absolute Gasteiger partial charge is 0.228 e. The minimum atomic E-state index is -0.302. The van der Waals surface area contributed by atoms with Gasteiger partial charge in [-0.25, -0.2) is 0 Å². The van der Waals surface area contributed by atoms with Crippen molar-refractivity contribution in [3.05, 3.63) is 29.8 Å². The van der Waals surface area contributed by atoms with E-state index in [1.165, 1.54) is 6.92 Å². The van der Waals surface area contributed by atoms with Crippen LogP contribution >= 0.6 is 0 Å². The van der Waals surface area contributed by atoms with E-state index in [-0.39, 0.29) is 29.4 Å². The van der Waals surface area contributed by atoms with Crippen LogP contribution in [-0.2, 0) is 14.4 Å². The molecule has 0 aromatic heterocycles. The molecule has 0 bridgehead atoms. The molecule has 25 heavy (non-hydrogen) atoms. The summed E-state index contributed by atoms with van der Waals surface area (Å²) >= 11 is 0. The van der Waals surface area contributed by atoms with Gasteiger partial charge in [-0.1, -0.05) is 0 Å². The molecule has 7 nitrogen and oxygen atoms in total. The number of carbonyl (C=O) groups is 4. The second kappa shape index (κ2) is 7.04. The van der Waals surface area contributed by atoms with Gasteiger partial charge in [-0.15, -0.1) is 0 Å². The molecule has 2 atom stereocenters. The Hall–Kier alpha value is -2.70. The zero-order chi connectivity index (χ0) is 18.0. The molecule has 2 unspecified atom stereocenters. The third-order valence-electron chi connectivity index (χ3n) is 4.78. The topological polar surface area (TPSA) is 86.8 Å². The van der Waals surface area contributed by atoms with Crippen LogP contribution in [0.4, 0.5) is 5.69 Å². The first-order chi connectivity index (χ1) is 12.0. The van der Waals surface area contributed by atoms with E-state index in [0.29, 0.717) is 43.9 Å². The second-order valence-electron chi connectivity index (χ2n) is 6.54. The summed E-state index contributed by atoms with van der Waals surface area (Å²) in [6.07, 6.45) is 1.36.